The van der Waals surface area contributed by atoms with Crippen molar-refractivity contribution in [3.05, 3.63) is 35.9 Å². The summed E-state index contributed by atoms with van der Waals surface area (Å²) in [6, 6.07) is 10.4. The van der Waals surface area contributed by atoms with E-state index in [2.05, 4.69) is 34.5 Å². The van der Waals surface area contributed by atoms with Gasteiger partial charge in [0.15, 0.2) is 5.79 Å². The van der Waals surface area contributed by atoms with Crippen molar-refractivity contribution in [3.8, 4) is 0 Å². The molecule has 0 radical (unpaired) electrons. The van der Waals surface area contributed by atoms with Gasteiger partial charge in [-0.2, -0.15) is 0 Å². The van der Waals surface area contributed by atoms with Crippen LogP contribution in [0.5, 0.6) is 0 Å². The molecule has 1 unspecified atom stereocenters. The minimum Gasteiger partial charge on any atom is -0.350 e. The van der Waals surface area contributed by atoms with Crippen LogP contribution in [0.25, 0.3) is 0 Å². The second kappa shape index (κ2) is 8.10. The standard InChI is InChI=1S/C19H28N2O3/c1-19(23-11-6-12-24-19)15-20-18(22)17-9-5-10-21(14-17)13-16-7-3-2-4-8-16/h2-4,7-8,17H,5-6,9-15H2,1H3,(H,20,22). The van der Waals surface area contributed by atoms with Crippen LogP contribution in [0.1, 0.15) is 31.7 Å². The molecule has 24 heavy (non-hydrogen) atoms. The first-order valence-corrected chi connectivity index (χ1v) is 8.96. The van der Waals surface area contributed by atoms with Crippen molar-refractivity contribution in [1.29, 1.82) is 0 Å². The Morgan fingerprint density at radius 2 is 2.00 bits per heavy atom. The number of benzene rings is 1. The fourth-order valence-corrected chi connectivity index (χ4v) is 3.43. The lowest BCUT2D eigenvalue weighted by Gasteiger charge is -2.35. The molecule has 0 aromatic heterocycles. The molecule has 1 aromatic carbocycles. The Hall–Kier alpha value is -1.43. The highest BCUT2D eigenvalue weighted by Crippen LogP contribution is 2.20. The molecule has 5 nitrogen and oxygen atoms in total. The quantitative estimate of drug-likeness (QED) is 0.898. The van der Waals surface area contributed by atoms with Gasteiger partial charge < -0.3 is 14.8 Å². The molecule has 0 saturated carbocycles. The van der Waals surface area contributed by atoms with Gasteiger partial charge in [0.2, 0.25) is 5.91 Å². The number of ether oxygens (including phenoxy) is 2. The lowest BCUT2D eigenvalue weighted by molar-refractivity contribution is -0.252. The van der Waals surface area contributed by atoms with Crippen LogP contribution in [0, 0.1) is 5.92 Å². The van der Waals surface area contributed by atoms with Gasteiger partial charge in [-0.05, 0) is 38.3 Å². The maximum Gasteiger partial charge on any atom is 0.224 e. The average molecular weight is 332 g/mol. The smallest absolute Gasteiger partial charge is 0.224 e. The Morgan fingerprint density at radius 1 is 1.25 bits per heavy atom. The molecule has 3 rings (SSSR count). The highest BCUT2D eigenvalue weighted by molar-refractivity contribution is 5.79. The number of carbonyl (C=O) groups excluding carboxylic acids is 1. The van der Waals surface area contributed by atoms with Crippen molar-refractivity contribution in [2.45, 2.75) is 38.5 Å². The molecule has 0 aliphatic carbocycles. The van der Waals surface area contributed by atoms with Crippen molar-refractivity contribution < 1.29 is 14.3 Å². The molecule has 2 heterocycles. The van der Waals surface area contributed by atoms with Crippen LogP contribution in [0.15, 0.2) is 30.3 Å². The normalized spacial score (nSPS) is 24.5. The molecular weight excluding hydrogens is 304 g/mol. The van der Waals surface area contributed by atoms with Gasteiger partial charge in [-0.1, -0.05) is 30.3 Å². The lowest BCUT2D eigenvalue weighted by Crippen LogP contribution is -2.50. The van der Waals surface area contributed by atoms with E-state index in [0.717, 1.165) is 38.9 Å². The van der Waals surface area contributed by atoms with Crippen LogP contribution >= 0.6 is 0 Å². The maximum atomic E-state index is 12.5. The molecule has 1 atom stereocenters. The van der Waals surface area contributed by atoms with E-state index < -0.39 is 5.79 Å². The molecule has 1 amide bonds. The van der Waals surface area contributed by atoms with E-state index in [1.807, 2.05) is 13.0 Å². The van der Waals surface area contributed by atoms with E-state index in [4.69, 9.17) is 9.47 Å². The molecule has 2 aliphatic heterocycles. The second-order valence-corrected chi connectivity index (χ2v) is 6.96. The van der Waals surface area contributed by atoms with Gasteiger partial charge in [0.05, 0.1) is 25.7 Å². The van der Waals surface area contributed by atoms with Gasteiger partial charge in [-0.3, -0.25) is 9.69 Å². The van der Waals surface area contributed by atoms with Crippen LogP contribution in [0.3, 0.4) is 0 Å². The number of amides is 1. The van der Waals surface area contributed by atoms with E-state index in [0.29, 0.717) is 19.8 Å². The summed E-state index contributed by atoms with van der Waals surface area (Å²) in [4.78, 5) is 14.9. The lowest BCUT2D eigenvalue weighted by atomic mass is 9.96. The van der Waals surface area contributed by atoms with Gasteiger partial charge >= 0.3 is 0 Å². The predicted octanol–water partition coefficient (Wildman–Crippen LogP) is 2.17. The molecule has 1 N–H and O–H groups in total. The number of piperidine rings is 1. The second-order valence-electron chi connectivity index (χ2n) is 6.96. The zero-order valence-electron chi connectivity index (χ0n) is 14.5. The monoisotopic (exact) mass is 332 g/mol. The largest absolute Gasteiger partial charge is 0.350 e. The third kappa shape index (κ3) is 4.79. The molecule has 2 saturated heterocycles. The average Bonchev–Trinajstić information content (AvgIpc) is 2.61. The minimum atomic E-state index is -0.674. The van der Waals surface area contributed by atoms with Crippen LogP contribution in [-0.2, 0) is 20.8 Å². The van der Waals surface area contributed by atoms with E-state index in [9.17, 15) is 4.79 Å². The summed E-state index contributed by atoms with van der Waals surface area (Å²) in [7, 11) is 0. The number of nitrogens with one attached hydrogen (secondary N) is 1. The van der Waals surface area contributed by atoms with Gasteiger partial charge in [0.25, 0.3) is 0 Å². The van der Waals surface area contributed by atoms with Crippen LogP contribution in [0.2, 0.25) is 0 Å². The zero-order valence-corrected chi connectivity index (χ0v) is 14.5. The third-order valence-corrected chi connectivity index (χ3v) is 4.81. The van der Waals surface area contributed by atoms with Crippen molar-refractivity contribution in [2.75, 3.05) is 32.8 Å². The maximum absolute atomic E-state index is 12.5. The molecule has 2 aliphatic rings. The predicted molar refractivity (Wildman–Crippen MR) is 92.4 cm³/mol. The number of likely N-dealkylation sites (tertiary alicyclic amines) is 1. The summed E-state index contributed by atoms with van der Waals surface area (Å²) in [5.74, 6) is -0.506. The Kier molecular flexibility index (Phi) is 5.87. The number of hydrogen-bond donors (Lipinski definition) is 1. The van der Waals surface area contributed by atoms with E-state index >= 15 is 0 Å². The van der Waals surface area contributed by atoms with E-state index in [-0.39, 0.29) is 11.8 Å². The fourth-order valence-electron chi connectivity index (χ4n) is 3.43. The first-order valence-electron chi connectivity index (χ1n) is 8.96. The highest BCUT2D eigenvalue weighted by atomic mass is 16.7. The topological polar surface area (TPSA) is 50.8 Å². The first-order chi connectivity index (χ1) is 11.6. The fraction of sp³-hybridized carbons (Fsp3) is 0.632. The summed E-state index contributed by atoms with van der Waals surface area (Å²) in [6.45, 7) is 6.49. The molecule has 0 spiro atoms. The van der Waals surface area contributed by atoms with Crippen LogP contribution in [0.4, 0.5) is 0 Å². The Morgan fingerprint density at radius 3 is 2.75 bits per heavy atom. The van der Waals surface area contributed by atoms with Crippen molar-refractivity contribution >= 4 is 5.91 Å². The molecule has 1 aromatic rings. The summed E-state index contributed by atoms with van der Waals surface area (Å²) < 4.78 is 11.3. The Bertz CT molecular complexity index is 529. The first kappa shape index (κ1) is 17.4. The van der Waals surface area contributed by atoms with Gasteiger partial charge in [0, 0.05) is 13.1 Å². The van der Waals surface area contributed by atoms with Crippen LogP contribution in [-0.4, -0.2) is 49.4 Å². The van der Waals surface area contributed by atoms with Crippen molar-refractivity contribution in [3.63, 3.8) is 0 Å². The number of nitrogens with zero attached hydrogens (tertiary/aromatic N) is 1. The van der Waals surface area contributed by atoms with Gasteiger partial charge in [-0.15, -0.1) is 0 Å². The number of carbonyl (C=O) groups is 1. The minimum absolute atomic E-state index is 0.0506. The highest BCUT2D eigenvalue weighted by Gasteiger charge is 2.31. The van der Waals surface area contributed by atoms with E-state index in [1.54, 1.807) is 0 Å². The number of rotatable bonds is 5. The SMILES string of the molecule is CC1(CNC(=O)C2CCCN(Cc3ccccc3)C2)OCCCO1. The summed E-state index contributed by atoms with van der Waals surface area (Å²) in [5.41, 5.74) is 1.30. The summed E-state index contributed by atoms with van der Waals surface area (Å²) in [6.07, 6.45) is 2.94. The molecular formula is C19H28N2O3. The van der Waals surface area contributed by atoms with Gasteiger partial charge in [0.1, 0.15) is 0 Å². The summed E-state index contributed by atoms with van der Waals surface area (Å²) in [5, 5.41) is 3.03. The molecule has 2 fully saturated rings. The van der Waals surface area contributed by atoms with Crippen molar-refractivity contribution in [1.82, 2.24) is 10.2 Å². The molecule has 5 heteroatoms. The van der Waals surface area contributed by atoms with E-state index in [1.165, 1.54) is 5.56 Å². The summed E-state index contributed by atoms with van der Waals surface area (Å²) >= 11 is 0. The third-order valence-electron chi connectivity index (χ3n) is 4.81. The Balaban J connectivity index is 1.48. The van der Waals surface area contributed by atoms with Gasteiger partial charge in [-0.25, -0.2) is 0 Å². The number of hydrogen-bond acceptors (Lipinski definition) is 4. The van der Waals surface area contributed by atoms with Crippen molar-refractivity contribution in [2.24, 2.45) is 5.92 Å². The molecule has 0 bridgehead atoms. The molecule has 132 valence electrons. The zero-order chi connectivity index (χ0) is 16.8. The Labute approximate surface area is 144 Å². The van der Waals surface area contributed by atoms with Crippen LogP contribution < -0.4 is 5.32 Å².